The summed E-state index contributed by atoms with van der Waals surface area (Å²) in [6, 6.07) is 24.7. The Labute approximate surface area is 235 Å². The summed E-state index contributed by atoms with van der Waals surface area (Å²) in [6.07, 6.45) is 0. The van der Waals surface area contributed by atoms with Crippen LogP contribution in [0.15, 0.2) is 72.8 Å². The van der Waals surface area contributed by atoms with Crippen molar-refractivity contribution in [2.75, 3.05) is 79.3 Å². The van der Waals surface area contributed by atoms with Crippen LogP contribution in [0.1, 0.15) is 0 Å². The molecule has 8 heteroatoms. The zero-order valence-electron chi connectivity index (χ0n) is 22.8. The van der Waals surface area contributed by atoms with Gasteiger partial charge >= 0.3 is 0 Å². The van der Waals surface area contributed by atoms with E-state index in [1.807, 2.05) is 36.4 Å². The van der Waals surface area contributed by atoms with Crippen LogP contribution in [-0.4, -0.2) is 89.5 Å². The molecular formula is C32H38O8. The van der Waals surface area contributed by atoms with Crippen LogP contribution >= 0.6 is 0 Å². The highest BCUT2D eigenvalue weighted by atomic mass is 16.6. The minimum atomic E-state index is 0.00112. The fourth-order valence-electron chi connectivity index (χ4n) is 4.45. The predicted molar refractivity (Wildman–Crippen MR) is 155 cm³/mol. The molecular weight excluding hydrogens is 512 g/mol. The molecule has 0 amide bonds. The van der Waals surface area contributed by atoms with Crippen molar-refractivity contribution < 1.29 is 38.6 Å². The van der Waals surface area contributed by atoms with Crippen molar-refractivity contribution >= 4 is 21.5 Å². The molecule has 0 fully saturated rings. The maximum Gasteiger partial charge on any atom is 0.128 e. The SMILES string of the molecule is OCCOCCOCCOc1ccc2ccccc2c1-c1c(OCCOCCOCCO)ccc2ccccc12. The molecule has 0 aliphatic heterocycles. The van der Waals surface area contributed by atoms with Gasteiger partial charge in [0.05, 0.1) is 66.1 Å². The molecule has 0 saturated carbocycles. The predicted octanol–water partition coefficient (Wildman–Crippen LogP) is 4.47. The fourth-order valence-corrected chi connectivity index (χ4v) is 4.45. The molecule has 0 heterocycles. The van der Waals surface area contributed by atoms with E-state index >= 15 is 0 Å². The first-order valence-electron chi connectivity index (χ1n) is 13.7. The second-order valence-corrected chi connectivity index (χ2v) is 8.91. The third-order valence-electron chi connectivity index (χ3n) is 6.22. The summed E-state index contributed by atoms with van der Waals surface area (Å²) in [5.41, 5.74) is 1.93. The van der Waals surface area contributed by atoms with Gasteiger partial charge in [-0.25, -0.2) is 0 Å². The van der Waals surface area contributed by atoms with E-state index in [9.17, 15) is 0 Å². The van der Waals surface area contributed by atoms with Crippen molar-refractivity contribution in [2.45, 2.75) is 0 Å². The van der Waals surface area contributed by atoms with Crippen LogP contribution in [0.5, 0.6) is 11.5 Å². The van der Waals surface area contributed by atoms with Gasteiger partial charge in [-0.1, -0.05) is 60.7 Å². The van der Waals surface area contributed by atoms with Gasteiger partial charge in [-0.05, 0) is 33.7 Å². The summed E-state index contributed by atoms with van der Waals surface area (Å²) in [5.74, 6) is 1.50. The highest BCUT2D eigenvalue weighted by Gasteiger charge is 2.19. The number of aliphatic hydroxyl groups is 2. The van der Waals surface area contributed by atoms with E-state index in [2.05, 4.69) is 36.4 Å². The molecule has 4 rings (SSSR count). The van der Waals surface area contributed by atoms with Gasteiger partial charge in [-0.3, -0.25) is 0 Å². The number of hydrogen-bond donors (Lipinski definition) is 2. The number of fused-ring (bicyclic) bond motifs is 2. The molecule has 214 valence electrons. The van der Waals surface area contributed by atoms with Gasteiger partial charge in [-0.2, -0.15) is 0 Å². The Morgan fingerprint density at radius 3 is 1.20 bits per heavy atom. The number of ether oxygens (including phenoxy) is 6. The van der Waals surface area contributed by atoms with E-state index in [0.29, 0.717) is 66.1 Å². The van der Waals surface area contributed by atoms with Gasteiger partial charge in [-0.15, -0.1) is 0 Å². The smallest absolute Gasteiger partial charge is 0.128 e. The van der Waals surface area contributed by atoms with Crippen LogP contribution in [0.2, 0.25) is 0 Å². The van der Waals surface area contributed by atoms with E-state index in [1.54, 1.807) is 0 Å². The molecule has 0 aliphatic carbocycles. The number of benzene rings is 4. The Kier molecular flexibility index (Phi) is 12.5. The van der Waals surface area contributed by atoms with Gasteiger partial charge in [0, 0.05) is 11.1 Å². The maximum absolute atomic E-state index is 8.81. The average Bonchev–Trinajstić information content (AvgIpc) is 2.99. The quantitative estimate of drug-likeness (QED) is 0.165. The Bertz CT molecular complexity index is 1210. The molecule has 0 saturated heterocycles. The average molecular weight is 551 g/mol. The lowest BCUT2D eigenvalue weighted by Crippen LogP contribution is -2.13. The van der Waals surface area contributed by atoms with Gasteiger partial charge in [0.15, 0.2) is 0 Å². The first kappa shape index (κ1) is 29.7. The molecule has 0 aliphatic rings. The monoisotopic (exact) mass is 550 g/mol. The van der Waals surface area contributed by atoms with Crippen LogP contribution in [0, 0.1) is 0 Å². The molecule has 4 aromatic carbocycles. The number of rotatable bonds is 19. The minimum absolute atomic E-state index is 0.00112. The van der Waals surface area contributed by atoms with Crippen LogP contribution in [-0.2, 0) is 18.9 Å². The summed E-state index contributed by atoms with van der Waals surface area (Å²) in [7, 11) is 0. The van der Waals surface area contributed by atoms with Crippen LogP contribution < -0.4 is 9.47 Å². The molecule has 0 bridgehead atoms. The van der Waals surface area contributed by atoms with E-state index in [4.69, 9.17) is 38.6 Å². The lowest BCUT2D eigenvalue weighted by Gasteiger charge is -2.20. The molecule has 0 atom stereocenters. The van der Waals surface area contributed by atoms with E-state index in [1.165, 1.54) is 0 Å². The molecule has 40 heavy (non-hydrogen) atoms. The van der Waals surface area contributed by atoms with E-state index in [0.717, 1.165) is 44.2 Å². The van der Waals surface area contributed by atoms with Gasteiger partial charge in [0.1, 0.15) is 24.7 Å². The summed E-state index contributed by atoms with van der Waals surface area (Å²) in [4.78, 5) is 0. The van der Waals surface area contributed by atoms with Gasteiger partial charge in [0.2, 0.25) is 0 Å². The van der Waals surface area contributed by atoms with Gasteiger partial charge < -0.3 is 38.6 Å². The highest BCUT2D eigenvalue weighted by Crippen LogP contribution is 2.45. The maximum atomic E-state index is 8.81. The Hall–Kier alpha value is -3.24. The number of aliphatic hydroxyl groups excluding tert-OH is 2. The van der Waals surface area contributed by atoms with Gasteiger partial charge in [0.25, 0.3) is 0 Å². The number of hydrogen-bond acceptors (Lipinski definition) is 8. The molecule has 0 aromatic heterocycles. The third-order valence-corrected chi connectivity index (χ3v) is 6.22. The molecule has 0 spiro atoms. The summed E-state index contributed by atoms with van der Waals surface area (Å²) < 4.78 is 34.4. The van der Waals surface area contributed by atoms with Crippen molar-refractivity contribution in [2.24, 2.45) is 0 Å². The lowest BCUT2D eigenvalue weighted by atomic mass is 9.92. The lowest BCUT2D eigenvalue weighted by molar-refractivity contribution is 0.0246. The van der Waals surface area contributed by atoms with Crippen molar-refractivity contribution in [3.05, 3.63) is 72.8 Å². The minimum Gasteiger partial charge on any atom is -0.491 e. The highest BCUT2D eigenvalue weighted by molar-refractivity contribution is 6.09. The van der Waals surface area contributed by atoms with Crippen LogP contribution in [0.25, 0.3) is 32.7 Å². The molecule has 0 unspecified atom stereocenters. The summed E-state index contributed by atoms with van der Waals surface area (Å²) >= 11 is 0. The normalized spacial score (nSPS) is 11.3. The topological polar surface area (TPSA) is 95.8 Å². The summed E-state index contributed by atoms with van der Waals surface area (Å²) in [5, 5.41) is 22.0. The zero-order chi connectivity index (χ0) is 27.8. The Morgan fingerprint density at radius 1 is 0.400 bits per heavy atom. The standard InChI is InChI=1S/C32H38O8/c33-13-15-35-17-19-37-21-23-39-29-11-9-25-5-1-3-7-27(25)31(29)32-28-8-4-2-6-26(28)10-12-30(32)40-24-22-38-20-18-36-16-14-34/h1-12,33-34H,13-24H2. The van der Waals surface area contributed by atoms with Crippen molar-refractivity contribution in [1.82, 2.24) is 0 Å². The van der Waals surface area contributed by atoms with Crippen LogP contribution in [0.4, 0.5) is 0 Å². The Balaban J connectivity index is 1.57. The molecule has 8 nitrogen and oxygen atoms in total. The molecule has 0 radical (unpaired) electrons. The zero-order valence-corrected chi connectivity index (χ0v) is 22.8. The van der Waals surface area contributed by atoms with Crippen molar-refractivity contribution in [3.8, 4) is 22.6 Å². The van der Waals surface area contributed by atoms with Crippen molar-refractivity contribution in [3.63, 3.8) is 0 Å². The van der Waals surface area contributed by atoms with Crippen LogP contribution in [0.3, 0.4) is 0 Å². The first-order chi connectivity index (χ1) is 19.8. The van der Waals surface area contributed by atoms with E-state index < -0.39 is 0 Å². The first-order valence-corrected chi connectivity index (χ1v) is 13.7. The largest absolute Gasteiger partial charge is 0.491 e. The second-order valence-electron chi connectivity index (χ2n) is 8.91. The molecule has 4 aromatic rings. The second kappa shape index (κ2) is 16.8. The van der Waals surface area contributed by atoms with E-state index in [-0.39, 0.29) is 13.2 Å². The van der Waals surface area contributed by atoms with Crippen molar-refractivity contribution in [1.29, 1.82) is 0 Å². The third kappa shape index (κ3) is 8.38. The summed E-state index contributed by atoms with van der Waals surface area (Å²) in [6.45, 7) is 3.91. The fraction of sp³-hybridized carbons (Fsp3) is 0.375. The Morgan fingerprint density at radius 2 is 0.775 bits per heavy atom. The molecule has 2 N–H and O–H groups in total.